The van der Waals surface area contributed by atoms with Crippen LogP contribution in [0.5, 0.6) is 0 Å². The zero-order chi connectivity index (χ0) is 23.2. The average Bonchev–Trinajstić information content (AvgIpc) is 3.00. The molecule has 0 bridgehead atoms. The monoisotopic (exact) mass is 421 g/mol. The molecule has 0 heterocycles. The maximum atomic E-state index is 5.35. The van der Waals surface area contributed by atoms with Gasteiger partial charge in [0, 0.05) is 6.42 Å². The normalized spacial score (nSPS) is 12.1. The Balaban J connectivity index is 0.000000436. The van der Waals surface area contributed by atoms with Crippen molar-refractivity contribution in [1.82, 2.24) is 10.6 Å². The molecule has 0 atom stereocenters. The van der Waals surface area contributed by atoms with Gasteiger partial charge in [-0.2, -0.15) is 0 Å². The summed E-state index contributed by atoms with van der Waals surface area (Å²) in [7, 11) is 1.98. The van der Waals surface area contributed by atoms with Gasteiger partial charge in [0.15, 0.2) is 0 Å². The van der Waals surface area contributed by atoms with Gasteiger partial charge in [-0.1, -0.05) is 72.4 Å². The number of benzene rings is 1. The van der Waals surface area contributed by atoms with E-state index in [1.807, 2.05) is 13.1 Å². The third-order valence-corrected chi connectivity index (χ3v) is 4.57. The molecule has 0 radical (unpaired) electrons. The number of aryl methyl sites for hydroxylation is 1. The van der Waals surface area contributed by atoms with Crippen molar-refractivity contribution in [3.8, 4) is 12.3 Å². The molecule has 1 aliphatic carbocycles. The van der Waals surface area contributed by atoms with E-state index in [9.17, 15) is 0 Å². The number of allylic oxidation sites excluding steroid dienone is 7. The zero-order valence-corrected chi connectivity index (χ0v) is 19.9. The molecule has 0 aromatic heterocycles. The highest BCUT2D eigenvalue weighted by Crippen LogP contribution is 2.10. The third kappa shape index (κ3) is 18.1. The van der Waals surface area contributed by atoms with Crippen LogP contribution in [0.25, 0.3) is 0 Å². The summed E-state index contributed by atoms with van der Waals surface area (Å²) in [5, 5.41) is 6.47. The lowest BCUT2D eigenvalue weighted by Crippen LogP contribution is -2.21. The summed E-state index contributed by atoms with van der Waals surface area (Å²) >= 11 is 0. The topological polar surface area (TPSA) is 50.1 Å². The Morgan fingerprint density at radius 3 is 2.39 bits per heavy atom. The largest absolute Gasteiger partial charge is 0.330 e. The molecular formula is C28H43N3. The summed E-state index contributed by atoms with van der Waals surface area (Å²) < 4.78 is 0. The molecule has 0 aliphatic heterocycles. The van der Waals surface area contributed by atoms with Gasteiger partial charge in [0.2, 0.25) is 0 Å². The fourth-order valence-electron chi connectivity index (χ4n) is 2.63. The SMILES string of the molecule is C#CCc1ccc(C)cc1.C=CC1=CC=C(C)C=CC1.CNCCCNCCCCN. The van der Waals surface area contributed by atoms with Crippen LogP contribution < -0.4 is 16.4 Å². The van der Waals surface area contributed by atoms with Crippen LogP contribution in [0.3, 0.4) is 0 Å². The van der Waals surface area contributed by atoms with Crippen LogP contribution in [0.2, 0.25) is 0 Å². The van der Waals surface area contributed by atoms with Crippen LogP contribution in [0.15, 0.2) is 72.4 Å². The molecule has 1 aromatic rings. The molecule has 0 spiro atoms. The first-order valence-corrected chi connectivity index (χ1v) is 11.3. The predicted molar refractivity (Wildman–Crippen MR) is 139 cm³/mol. The number of hydrogen-bond acceptors (Lipinski definition) is 3. The minimum atomic E-state index is 0.736. The quantitative estimate of drug-likeness (QED) is 0.364. The smallest absolute Gasteiger partial charge is 0.0337 e. The molecule has 0 saturated carbocycles. The summed E-state index contributed by atoms with van der Waals surface area (Å²) in [5.41, 5.74) is 10.4. The highest BCUT2D eigenvalue weighted by molar-refractivity contribution is 5.33. The van der Waals surface area contributed by atoms with Crippen molar-refractivity contribution in [2.75, 3.05) is 33.2 Å². The second-order valence-electron chi connectivity index (χ2n) is 7.53. The average molecular weight is 422 g/mol. The van der Waals surface area contributed by atoms with Crippen LogP contribution in [-0.2, 0) is 6.42 Å². The van der Waals surface area contributed by atoms with E-state index in [1.54, 1.807) is 0 Å². The first-order valence-electron chi connectivity index (χ1n) is 11.3. The molecule has 0 fully saturated rings. The molecule has 1 aliphatic rings. The van der Waals surface area contributed by atoms with Gasteiger partial charge in [0.25, 0.3) is 0 Å². The number of nitrogens with two attached hydrogens (primary N) is 1. The zero-order valence-electron chi connectivity index (χ0n) is 19.9. The molecule has 0 unspecified atom stereocenters. The Labute approximate surface area is 191 Å². The molecule has 0 amide bonds. The number of unbranched alkanes of at least 4 members (excludes halogenated alkanes) is 1. The van der Waals surface area contributed by atoms with E-state index in [0.717, 1.165) is 45.4 Å². The van der Waals surface area contributed by atoms with Gasteiger partial charge >= 0.3 is 0 Å². The minimum absolute atomic E-state index is 0.736. The molecule has 170 valence electrons. The fraction of sp³-hybridized carbons (Fsp3) is 0.429. The van der Waals surface area contributed by atoms with E-state index in [-0.39, 0.29) is 0 Å². The van der Waals surface area contributed by atoms with Crippen LogP contribution in [0.1, 0.15) is 43.7 Å². The number of hydrogen-bond donors (Lipinski definition) is 3. The van der Waals surface area contributed by atoms with Gasteiger partial charge in [-0.25, -0.2) is 0 Å². The number of terminal acetylenes is 1. The van der Waals surface area contributed by atoms with Gasteiger partial charge in [0.1, 0.15) is 0 Å². The van der Waals surface area contributed by atoms with Crippen molar-refractivity contribution in [2.45, 2.75) is 46.0 Å². The number of nitrogens with one attached hydrogen (secondary N) is 2. The number of rotatable bonds is 10. The van der Waals surface area contributed by atoms with Crippen molar-refractivity contribution >= 4 is 0 Å². The lowest BCUT2D eigenvalue weighted by Gasteiger charge is -2.02. The Hall–Kier alpha value is -2.38. The highest BCUT2D eigenvalue weighted by Gasteiger charge is 1.90. The molecule has 2 rings (SSSR count). The van der Waals surface area contributed by atoms with E-state index < -0.39 is 0 Å². The van der Waals surface area contributed by atoms with Gasteiger partial charge in [0.05, 0.1) is 0 Å². The lowest BCUT2D eigenvalue weighted by molar-refractivity contribution is 0.594. The van der Waals surface area contributed by atoms with Crippen molar-refractivity contribution in [3.05, 3.63) is 83.5 Å². The van der Waals surface area contributed by atoms with Crippen molar-refractivity contribution in [1.29, 1.82) is 0 Å². The maximum Gasteiger partial charge on any atom is 0.0337 e. The molecule has 1 aromatic carbocycles. The van der Waals surface area contributed by atoms with Gasteiger partial charge in [-0.3, -0.25) is 0 Å². The maximum absolute atomic E-state index is 5.35. The van der Waals surface area contributed by atoms with Crippen molar-refractivity contribution in [3.63, 3.8) is 0 Å². The summed E-state index contributed by atoms with van der Waals surface area (Å²) in [6, 6.07) is 8.28. The van der Waals surface area contributed by atoms with Crippen molar-refractivity contribution < 1.29 is 0 Å². The highest BCUT2D eigenvalue weighted by atomic mass is 14.9. The molecule has 3 nitrogen and oxygen atoms in total. The molecule has 0 saturated heterocycles. The van der Waals surface area contributed by atoms with Crippen LogP contribution in [0, 0.1) is 19.3 Å². The molecule has 31 heavy (non-hydrogen) atoms. The second-order valence-corrected chi connectivity index (χ2v) is 7.53. The van der Waals surface area contributed by atoms with E-state index in [4.69, 9.17) is 12.2 Å². The summed E-state index contributed by atoms with van der Waals surface area (Å²) in [6.07, 6.45) is 20.9. The second kappa shape index (κ2) is 20.9. The molecule has 3 heteroatoms. The lowest BCUT2D eigenvalue weighted by atomic mass is 10.1. The van der Waals surface area contributed by atoms with Crippen LogP contribution in [0.4, 0.5) is 0 Å². The fourth-order valence-corrected chi connectivity index (χ4v) is 2.63. The van der Waals surface area contributed by atoms with E-state index in [1.165, 1.54) is 35.1 Å². The van der Waals surface area contributed by atoms with E-state index >= 15 is 0 Å². The first-order chi connectivity index (χ1) is 15.1. The summed E-state index contributed by atoms with van der Waals surface area (Å²) in [6.45, 7) is 12.0. The summed E-state index contributed by atoms with van der Waals surface area (Å²) in [4.78, 5) is 0. The van der Waals surface area contributed by atoms with Gasteiger partial charge in [-0.05, 0) is 83.9 Å². The molecular weight excluding hydrogens is 378 g/mol. The van der Waals surface area contributed by atoms with Crippen molar-refractivity contribution in [2.24, 2.45) is 5.73 Å². The Morgan fingerprint density at radius 1 is 1.06 bits per heavy atom. The molecule has 4 N–H and O–H groups in total. The van der Waals surface area contributed by atoms with Crippen LogP contribution in [-0.4, -0.2) is 33.2 Å². The van der Waals surface area contributed by atoms with Crippen LogP contribution >= 0.6 is 0 Å². The standard InChI is InChI=1S/C10H12.C10H10.C8H21N3/c1-3-10-6-4-5-9(2)7-8-10;1-3-4-10-7-5-9(2)6-8-10;1-10-6-4-8-11-7-3-2-5-9/h3-5,7-8H,1,6H2,2H3;1,5-8H,4H2,2H3;10-11H,2-9H2,1H3. The first kappa shape index (κ1) is 28.6. The van der Waals surface area contributed by atoms with Gasteiger partial charge < -0.3 is 16.4 Å². The Kier molecular flexibility index (Phi) is 19.3. The Bertz CT molecular complexity index is 695. The Morgan fingerprint density at radius 2 is 1.77 bits per heavy atom. The summed E-state index contributed by atoms with van der Waals surface area (Å²) in [5.74, 6) is 2.60. The van der Waals surface area contributed by atoms with E-state index in [2.05, 4.69) is 85.5 Å². The third-order valence-electron chi connectivity index (χ3n) is 4.57. The van der Waals surface area contributed by atoms with E-state index in [0.29, 0.717) is 0 Å². The van der Waals surface area contributed by atoms with Gasteiger partial charge in [-0.15, -0.1) is 12.3 Å². The predicted octanol–water partition coefficient (Wildman–Crippen LogP) is 5.10. The minimum Gasteiger partial charge on any atom is -0.330 e.